The van der Waals surface area contributed by atoms with Crippen molar-refractivity contribution < 1.29 is 22.8 Å². The van der Waals surface area contributed by atoms with Gasteiger partial charge in [0.25, 0.3) is 0 Å². The van der Waals surface area contributed by atoms with Gasteiger partial charge in [0.15, 0.2) is 16.8 Å². The third-order valence-electron chi connectivity index (χ3n) is 6.75. The maximum Gasteiger partial charge on any atom is 0.413 e. The Morgan fingerprint density at radius 1 is 1.31 bits per heavy atom. The number of rotatable bonds is 5. The second-order valence-electron chi connectivity index (χ2n) is 9.20. The highest BCUT2D eigenvalue weighted by molar-refractivity contribution is 6.29. The summed E-state index contributed by atoms with van der Waals surface area (Å²) >= 11 is 6.04. The van der Waals surface area contributed by atoms with Gasteiger partial charge in [-0.3, -0.25) is 9.59 Å². The molecular formula is C24H24ClF3N6O2. The molecule has 0 saturated carbocycles. The van der Waals surface area contributed by atoms with Crippen molar-refractivity contribution in [1.82, 2.24) is 24.8 Å². The lowest BCUT2D eigenvalue weighted by molar-refractivity contribution is -0.189. The first-order chi connectivity index (χ1) is 17.1. The van der Waals surface area contributed by atoms with Crippen LogP contribution in [0.3, 0.4) is 0 Å². The molecular weight excluding hydrogens is 497 g/mol. The summed E-state index contributed by atoms with van der Waals surface area (Å²) in [5.41, 5.74) is 3.06. The summed E-state index contributed by atoms with van der Waals surface area (Å²) in [7, 11) is 1.16. The van der Waals surface area contributed by atoms with Crippen LogP contribution in [-0.4, -0.2) is 57.6 Å². The topological polar surface area (TPSA) is 82.8 Å². The highest BCUT2D eigenvalue weighted by atomic mass is 35.5. The van der Waals surface area contributed by atoms with Gasteiger partial charge >= 0.3 is 6.18 Å². The van der Waals surface area contributed by atoms with Crippen molar-refractivity contribution >= 4 is 40.4 Å². The first-order valence-electron chi connectivity index (χ1n) is 11.6. The number of benzene rings is 1. The van der Waals surface area contributed by atoms with Crippen molar-refractivity contribution in [3.05, 3.63) is 52.9 Å². The lowest BCUT2D eigenvalue weighted by Gasteiger charge is -2.33. The zero-order valence-corrected chi connectivity index (χ0v) is 20.2. The highest BCUT2D eigenvalue weighted by Gasteiger charge is 2.45. The summed E-state index contributed by atoms with van der Waals surface area (Å²) in [6.07, 6.45) is -1.32. The Hall–Kier alpha value is -3.34. The smallest absolute Gasteiger partial charge is 0.356 e. The largest absolute Gasteiger partial charge is 0.413 e. The summed E-state index contributed by atoms with van der Waals surface area (Å²) in [4.78, 5) is 31.2. The van der Waals surface area contributed by atoms with Gasteiger partial charge in [0.1, 0.15) is 0 Å². The molecule has 4 heterocycles. The molecule has 1 N–H and O–H groups in total. The van der Waals surface area contributed by atoms with Crippen LogP contribution >= 0.6 is 11.6 Å². The van der Waals surface area contributed by atoms with Crippen LogP contribution in [0.5, 0.6) is 0 Å². The highest BCUT2D eigenvalue weighted by Crippen LogP contribution is 2.39. The SMILES string of the molecule is CN(C(=O)C[C@@H]1CNC(=O)C1)[C@@H](c1ccc(N2CCCc3c2cnc2cc(Cl)nn32)cc1)C(F)(F)F. The molecule has 1 saturated heterocycles. The van der Waals surface area contributed by atoms with Crippen LogP contribution in [0.2, 0.25) is 5.15 Å². The number of aromatic nitrogens is 3. The molecule has 5 rings (SSSR count). The molecule has 2 amide bonds. The Balaban J connectivity index is 1.40. The minimum atomic E-state index is -4.66. The summed E-state index contributed by atoms with van der Waals surface area (Å²) < 4.78 is 44.0. The summed E-state index contributed by atoms with van der Waals surface area (Å²) in [5, 5.41) is 7.25. The zero-order valence-electron chi connectivity index (χ0n) is 19.4. The van der Waals surface area contributed by atoms with Gasteiger partial charge in [-0.2, -0.15) is 18.3 Å². The van der Waals surface area contributed by atoms with Crippen molar-refractivity contribution in [3.8, 4) is 0 Å². The quantitative estimate of drug-likeness (QED) is 0.549. The van der Waals surface area contributed by atoms with E-state index in [9.17, 15) is 22.8 Å². The standard InChI is InChI=1S/C24H24ClF3N6O2/c1-32(22(36)10-14-9-21(35)30-12-14)23(24(26,27)28)15-4-6-16(7-5-15)33-8-2-3-17-18(33)13-29-20-11-19(25)31-34(17)20/h4-7,11,13-14,23H,2-3,8-10,12H2,1H3,(H,30,35)/t14-,23+/m1/s1. The fraction of sp³-hybridized carbons (Fsp3) is 0.417. The summed E-state index contributed by atoms with van der Waals surface area (Å²) in [5.74, 6) is -1.14. The Morgan fingerprint density at radius 3 is 2.72 bits per heavy atom. The predicted octanol–water partition coefficient (Wildman–Crippen LogP) is 4.06. The first-order valence-corrected chi connectivity index (χ1v) is 12.0. The van der Waals surface area contributed by atoms with Crippen LogP contribution in [0.25, 0.3) is 5.65 Å². The van der Waals surface area contributed by atoms with Gasteiger partial charge in [0.05, 0.1) is 17.6 Å². The van der Waals surface area contributed by atoms with Crippen LogP contribution in [0, 0.1) is 5.92 Å². The van der Waals surface area contributed by atoms with E-state index >= 15 is 0 Å². The van der Waals surface area contributed by atoms with E-state index in [2.05, 4.69) is 15.4 Å². The molecule has 2 aliphatic heterocycles. The average Bonchev–Trinajstić information content (AvgIpc) is 3.42. The normalized spacial score (nSPS) is 18.8. The van der Waals surface area contributed by atoms with Crippen molar-refractivity contribution in [2.45, 2.75) is 37.9 Å². The number of nitrogens with one attached hydrogen (secondary N) is 1. The summed E-state index contributed by atoms with van der Waals surface area (Å²) in [6.45, 7) is 0.969. The number of fused-ring (bicyclic) bond motifs is 3. The minimum absolute atomic E-state index is 0.0348. The van der Waals surface area contributed by atoms with E-state index < -0.39 is 18.1 Å². The number of halogens is 4. The maximum atomic E-state index is 14.1. The molecule has 0 aliphatic carbocycles. The van der Waals surface area contributed by atoms with Crippen LogP contribution in [-0.2, 0) is 16.0 Å². The first kappa shape index (κ1) is 24.4. The Bertz CT molecular complexity index is 1310. The molecule has 12 heteroatoms. The molecule has 1 fully saturated rings. The lowest BCUT2D eigenvalue weighted by Crippen LogP contribution is -2.40. The van der Waals surface area contributed by atoms with Gasteiger partial charge in [-0.1, -0.05) is 23.7 Å². The number of alkyl halides is 3. The van der Waals surface area contributed by atoms with Gasteiger partial charge in [-0.15, -0.1) is 0 Å². The van der Waals surface area contributed by atoms with Gasteiger partial charge in [0.2, 0.25) is 11.8 Å². The van der Waals surface area contributed by atoms with Crippen molar-refractivity contribution in [2.24, 2.45) is 5.92 Å². The number of nitrogens with zero attached hydrogens (tertiary/aromatic N) is 5. The molecule has 0 unspecified atom stereocenters. The van der Waals surface area contributed by atoms with Crippen LogP contribution in [0.4, 0.5) is 24.5 Å². The lowest BCUT2D eigenvalue weighted by atomic mass is 10.0. The fourth-order valence-corrected chi connectivity index (χ4v) is 5.18. The van der Waals surface area contributed by atoms with Gasteiger partial charge in [-0.25, -0.2) is 9.50 Å². The number of aryl methyl sites for hydroxylation is 1. The molecule has 1 aromatic carbocycles. The molecule has 8 nitrogen and oxygen atoms in total. The van der Waals surface area contributed by atoms with Gasteiger partial charge < -0.3 is 15.1 Å². The van der Waals surface area contributed by atoms with Crippen LogP contribution < -0.4 is 10.2 Å². The number of amides is 2. The number of carbonyl (C=O) groups is 2. The van der Waals surface area contributed by atoms with Crippen LogP contribution in [0.1, 0.15) is 36.6 Å². The third kappa shape index (κ3) is 4.59. The van der Waals surface area contributed by atoms with Crippen molar-refractivity contribution in [2.75, 3.05) is 25.0 Å². The molecule has 190 valence electrons. The fourth-order valence-electron chi connectivity index (χ4n) is 5.01. The number of anilines is 2. The second kappa shape index (κ2) is 9.27. The average molecular weight is 521 g/mol. The molecule has 0 spiro atoms. The maximum absolute atomic E-state index is 14.1. The van der Waals surface area contributed by atoms with E-state index in [1.807, 2.05) is 4.90 Å². The van der Waals surface area contributed by atoms with E-state index in [4.69, 9.17) is 11.6 Å². The van der Waals surface area contributed by atoms with Crippen molar-refractivity contribution in [3.63, 3.8) is 0 Å². The summed E-state index contributed by atoms with van der Waals surface area (Å²) in [6, 6.07) is 5.64. The molecule has 0 bridgehead atoms. The molecule has 0 radical (unpaired) electrons. The molecule has 3 aromatic rings. The van der Waals surface area contributed by atoms with E-state index in [0.717, 1.165) is 36.2 Å². The Kier molecular flexibility index (Phi) is 6.27. The number of hydrogen-bond acceptors (Lipinski definition) is 5. The molecule has 2 aromatic heterocycles. The predicted molar refractivity (Wildman–Crippen MR) is 127 cm³/mol. The Morgan fingerprint density at radius 2 is 2.06 bits per heavy atom. The molecule has 2 atom stereocenters. The zero-order chi connectivity index (χ0) is 25.6. The van der Waals surface area contributed by atoms with E-state index in [-0.39, 0.29) is 30.2 Å². The Labute approximate surface area is 210 Å². The number of carbonyl (C=O) groups excluding carboxylic acids is 2. The van der Waals surface area contributed by atoms with E-state index in [1.165, 1.54) is 12.1 Å². The van der Waals surface area contributed by atoms with Crippen molar-refractivity contribution in [1.29, 1.82) is 0 Å². The van der Waals surface area contributed by atoms with Gasteiger partial charge in [-0.05, 0) is 36.5 Å². The molecule has 36 heavy (non-hydrogen) atoms. The minimum Gasteiger partial charge on any atom is -0.356 e. The number of hydrogen-bond donors (Lipinski definition) is 1. The monoisotopic (exact) mass is 520 g/mol. The molecule has 2 aliphatic rings. The second-order valence-corrected chi connectivity index (χ2v) is 9.59. The van der Waals surface area contributed by atoms with Crippen LogP contribution in [0.15, 0.2) is 36.5 Å². The third-order valence-corrected chi connectivity index (χ3v) is 6.94. The van der Waals surface area contributed by atoms with Gasteiger partial charge in [0, 0.05) is 44.7 Å². The van der Waals surface area contributed by atoms with E-state index in [0.29, 0.717) is 29.6 Å². The van der Waals surface area contributed by atoms with E-state index in [1.54, 1.807) is 28.9 Å².